The highest BCUT2D eigenvalue weighted by molar-refractivity contribution is 7.99. The number of thioether (sulfide) groups is 1. The quantitative estimate of drug-likeness (QED) is 0.874. The summed E-state index contributed by atoms with van der Waals surface area (Å²) in [6.45, 7) is 3.86. The molecule has 0 spiro atoms. The lowest BCUT2D eigenvalue weighted by molar-refractivity contribution is -0.131. The molecule has 0 saturated carbocycles. The monoisotopic (exact) mass is 292 g/mol. The number of likely N-dealkylation sites (tertiary alicyclic amines) is 1. The van der Waals surface area contributed by atoms with Crippen LogP contribution in [0.1, 0.15) is 25.3 Å². The molecule has 2 rings (SSSR count). The number of carbonyl (C=O) groups excluding carboxylic acids is 1. The molecule has 110 valence electrons. The first-order valence-corrected chi connectivity index (χ1v) is 8.38. The number of hydrogen-bond donors (Lipinski definition) is 1. The third-order valence-corrected chi connectivity index (χ3v) is 4.99. The predicted octanol–water partition coefficient (Wildman–Crippen LogP) is 2.52. The molecule has 2 atom stereocenters. The number of nitrogens with one attached hydrogen (secondary N) is 1. The van der Waals surface area contributed by atoms with Crippen LogP contribution in [0.5, 0.6) is 0 Å². The van der Waals surface area contributed by atoms with Crippen molar-refractivity contribution in [1.29, 1.82) is 0 Å². The van der Waals surface area contributed by atoms with Crippen LogP contribution in [0.4, 0.5) is 0 Å². The van der Waals surface area contributed by atoms with Crippen LogP contribution in [-0.4, -0.2) is 42.2 Å². The molecule has 1 aliphatic rings. The second-order valence-corrected chi connectivity index (χ2v) is 6.65. The molecule has 0 aliphatic carbocycles. The molecule has 1 heterocycles. The van der Waals surface area contributed by atoms with Crippen molar-refractivity contribution in [3.63, 3.8) is 0 Å². The Kier molecular flexibility index (Phi) is 5.92. The van der Waals surface area contributed by atoms with E-state index in [-0.39, 0.29) is 5.25 Å². The van der Waals surface area contributed by atoms with E-state index < -0.39 is 0 Å². The predicted molar refractivity (Wildman–Crippen MR) is 85.9 cm³/mol. The number of nitrogens with zero attached hydrogens (tertiary/aromatic N) is 1. The summed E-state index contributed by atoms with van der Waals surface area (Å²) in [5.41, 5.74) is 1.28. The van der Waals surface area contributed by atoms with Gasteiger partial charge in [0, 0.05) is 24.9 Å². The van der Waals surface area contributed by atoms with Crippen molar-refractivity contribution < 1.29 is 4.79 Å². The third-order valence-electron chi connectivity index (χ3n) is 3.79. The van der Waals surface area contributed by atoms with Crippen molar-refractivity contribution in [2.24, 2.45) is 0 Å². The first-order valence-electron chi connectivity index (χ1n) is 7.33. The van der Waals surface area contributed by atoms with E-state index in [1.54, 1.807) is 11.8 Å². The Morgan fingerprint density at radius 1 is 1.45 bits per heavy atom. The molecule has 1 saturated heterocycles. The largest absolute Gasteiger partial charge is 0.337 e. The van der Waals surface area contributed by atoms with Gasteiger partial charge in [-0.3, -0.25) is 4.79 Å². The summed E-state index contributed by atoms with van der Waals surface area (Å²) < 4.78 is 0. The Hall–Kier alpha value is -1.00. The van der Waals surface area contributed by atoms with Crippen LogP contribution in [-0.2, 0) is 10.5 Å². The van der Waals surface area contributed by atoms with Crippen LogP contribution in [0.2, 0.25) is 0 Å². The molecular weight excluding hydrogens is 268 g/mol. The van der Waals surface area contributed by atoms with Crippen LogP contribution in [0.25, 0.3) is 0 Å². The van der Waals surface area contributed by atoms with E-state index in [0.29, 0.717) is 11.9 Å². The van der Waals surface area contributed by atoms with Gasteiger partial charge in [0.25, 0.3) is 0 Å². The zero-order valence-electron chi connectivity index (χ0n) is 12.3. The smallest absolute Gasteiger partial charge is 0.235 e. The molecule has 1 fully saturated rings. The normalized spacial score (nSPS) is 20.1. The van der Waals surface area contributed by atoms with Crippen molar-refractivity contribution in [1.82, 2.24) is 10.2 Å². The lowest BCUT2D eigenvalue weighted by Crippen LogP contribution is -2.44. The van der Waals surface area contributed by atoms with Crippen molar-refractivity contribution in [2.75, 3.05) is 20.1 Å². The Labute approximate surface area is 126 Å². The van der Waals surface area contributed by atoms with E-state index in [1.165, 1.54) is 5.56 Å². The Morgan fingerprint density at radius 2 is 2.20 bits per heavy atom. The number of carbonyl (C=O) groups is 1. The minimum absolute atomic E-state index is 0.0349. The maximum atomic E-state index is 12.5. The first kappa shape index (κ1) is 15.4. The van der Waals surface area contributed by atoms with Crippen molar-refractivity contribution in [3.8, 4) is 0 Å². The van der Waals surface area contributed by atoms with Gasteiger partial charge in [0.2, 0.25) is 5.91 Å². The van der Waals surface area contributed by atoms with E-state index in [2.05, 4.69) is 22.3 Å². The van der Waals surface area contributed by atoms with Gasteiger partial charge in [-0.05, 0) is 32.4 Å². The second kappa shape index (κ2) is 7.70. The van der Waals surface area contributed by atoms with Crippen molar-refractivity contribution in [3.05, 3.63) is 35.9 Å². The van der Waals surface area contributed by atoms with Crippen LogP contribution in [0.15, 0.2) is 30.3 Å². The molecule has 1 aromatic carbocycles. The van der Waals surface area contributed by atoms with Crippen molar-refractivity contribution >= 4 is 17.7 Å². The fourth-order valence-electron chi connectivity index (χ4n) is 2.67. The summed E-state index contributed by atoms with van der Waals surface area (Å²) in [5, 5.41) is 3.23. The molecule has 20 heavy (non-hydrogen) atoms. The van der Waals surface area contributed by atoms with Gasteiger partial charge in [-0.25, -0.2) is 0 Å². The molecule has 3 nitrogen and oxygen atoms in total. The lowest BCUT2D eigenvalue weighted by atomic mass is 10.2. The summed E-state index contributed by atoms with van der Waals surface area (Å²) in [7, 11) is 1.95. The third kappa shape index (κ3) is 4.00. The minimum atomic E-state index is 0.0349. The van der Waals surface area contributed by atoms with E-state index in [9.17, 15) is 4.79 Å². The first-order chi connectivity index (χ1) is 9.72. The molecule has 1 aliphatic heterocycles. The lowest BCUT2D eigenvalue weighted by Gasteiger charge is -2.27. The van der Waals surface area contributed by atoms with E-state index in [1.807, 2.05) is 32.2 Å². The maximum Gasteiger partial charge on any atom is 0.235 e. The number of hydrogen-bond acceptors (Lipinski definition) is 3. The number of amides is 1. The zero-order valence-corrected chi connectivity index (χ0v) is 13.2. The average molecular weight is 292 g/mol. The van der Waals surface area contributed by atoms with Gasteiger partial charge in [-0.1, -0.05) is 30.3 Å². The van der Waals surface area contributed by atoms with Crippen LogP contribution in [0.3, 0.4) is 0 Å². The molecular formula is C16H24N2OS. The topological polar surface area (TPSA) is 32.3 Å². The molecule has 1 N–H and O–H groups in total. The Morgan fingerprint density at radius 3 is 2.90 bits per heavy atom. The van der Waals surface area contributed by atoms with Gasteiger partial charge >= 0.3 is 0 Å². The number of benzene rings is 1. The number of rotatable bonds is 6. The fourth-order valence-corrected chi connectivity index (χ4v) is 3.59. The molecule has 0 bridgehead atoms. The molecule has 0 aromatic heterocycles. The van der Waals surface area contributed by atoms with Crippen molar-refractivity contribution in [2.45, 2.75) is 36.8 Å². The standard InChI is InChI=1S/C16H24N2OS/c1-13(20-12-14-7-4-3-5-8-14)16(19)18-10-6-9-15(18)11-17-2/h3-5,7-8,13,15,17H,6,9-12H2,1-2H3. The highest BCUT2D eigenvalue weighted by atomic mass is 32.2. The maximum absolute atomic E-state index is 12.5. The summed E-state index contributed by atoms with van der Waals surface area (Å²) >= 11 is 1.73. The Balaban J connectivity index is 1.85. The molecule has 1 aromatic rings. The zero-order chi connectivity index (χ0) is 14.4. The molecule has 0 radical (unpaired) electrons. The fraction of sp³-hybridized carbons (Fsp3) is 0.562. The molecule has 1 amide bonds. The van der Waals surface area contributed by atoms with E-state index in [4.69, 9.17) is 0 Å². The molecule has 2 unspecified atom stereocenters. The van der Waals surface area contributed by atoms with Crippen LogP contribution in [0, 0.1) is 0 Å². The van der Waals surface area contributed by atoms with Gasteiger partial charge < -0.3 is 10.2 Å². The van der Waals surface area contributed by atoms with E-state index >= 15 is 0 Å². The summed E-state index contributed by atoms with van der Waals surface area (Å²) in [6, 6.07) is 10.7. The molecule has 4 heteroatoms. The van der Waals surface area contributed by atoms with Gasteiger partial charge in [-0.15, -0.1) is 11.8 Å². The average Bonchev–Trinajstić information content (AvgIpc) is 2.93. The SMILES string of the molecule is CNCC1CCCN1C(=O)C(C)SCc1ccccc1. The van der Waals surface area contributed by atoms with E-state index in [0.717, 1.165) is 31.7 Å². The Bertz CT molecular complexity index is 424. The minimum Gasteiger partial charge on any atom is -0.337 e. The van der Waals surface area contributed by atoms with Gasteiger partial charge in [0.15, 0.2) is 0 Å². The summed E-state index contributed by atoms with van der Waals surface area (Å²) in [6.07, 6.45) is 2.26. The highest BCUT2D eigenvalue weighted by Gasteiger charge is 2.30. The summed E-state index contributed by atoms with van der Waals surface area (Å²) in [5.74, 6) is 1.20. The number of likely N-dealkylation sites (N-methyl/N-ethyl adjacent to an activating group) is 1. The van der Waals surface area contributed by atoms with Crippen LogP contribution >= 0.6 is 11.8 Å². The summed E-state index contributed by atoms with van der Waals surface area (Å²) in [4.78, 5) is 14.6. The second-order valence-electron chi connectivity index (χ2n) is 5.32. The van der Waals surface area contributed by atoms with Gasteiger partial charge in [0.1, 0.15) is 0 Å². The van der Waals surface area contributed by atoms with Crippen LogP contribution < -0.4 is 5.32 Å². The highest BCUT2D eigenvalue weighted by Crippen LogP contribution is 2.24. The van der Waals surface area contributed by atoms with Gasteiger partial charge in [0.05, 0.1) is 5.25 Å². The van der Waals surface area contributed by atoms with Gasteiger partial charge in [-0.2, -0.15) is 0 Å².